The number of hydrogen-bond donors (Lipinski definition) is 2. The molecule has 1 unspecified atom stereocenters. The number of carbonyl (C=O) groups is 1. The van der Waals surface area contributed by atoms with E-state index >= 15 is 0 Å². The third-order valence-electron chi connectivity index (χ3n) is 2.18. The fourth-order valence-electron chi connectivity index (χ4n) is 1.36. The summed E-state index contributed by atoms with van der Waals surface area (Å²) < 4.78 is 50.1. The van der Waals surface area contributed by atoms with Gasteiger partial charge in [-0.05, 0) is 23.8 Å². The molecule has 0 aromatic heterocycles. The summed E-state index contributed by atoms with van der Waals surface area (Å²) in [5.74, 6) is -3.90. The van der Waals surface area contributed by atoms with Crippen LogP contribution in [0, 0.1) is 5.82 Å². The van der Waals surface area contributed by atoms with Crippen molar-refractivity contribution < 1.29 is 27.5 Å². The highest BCUT2D eigenvalue weighted by Crippen LogP contribution is 2.32. The molecule has 7 heteroatoms. The molecule has 0 saturated carbocycles. The van der Waals surface area contributed by atoms with Gasteiger partial charge in [0.25, 0.3) is 0 Å². The van der Waals surface area contributed by atoms with Crippen LogP contribution in [-0.4, -0.2) is 17.6 Å². The summed E-state index contributed by atoms with van der Waals surface area (Å²) in [5, 5.41) is 8.73. The van der Waals surface area contributed by atoms with Gasteiger partial charge in [-0.3, -0.25) is 4.79 Å². The zero-order valence-electron chi connectivity index (χ0n) is 8.46. The number of alkyl halides is 3. The van der Waals surface area contributed by atoms with Crippen LogP contribution in [-0.2, 0) is 11.0 Å². The van der Waals surface area contributed by atoms with Crippen LogP contribution in [0.3, 0.4) is 0 Å². The second-order valence-corrected chi connectivity index (χ2v) is 3.40. The molecular formula is C10H9F4NO2. The number of carboxylic acid groups (broad SMARTS) is 1. The summed E-state index contributed by atoms with van der Waals surface area (Å²) in [6.45, 7) is -0.407. The zero-order chi connectivity index (χ0) is 13.2. The van der Waals surface area contributed by atoms with Crippen LogP contribution in [0.15, 0.2) is 18.2 Å². The van der Waals surface area contributed by atoms with Gasteiger partial charge in [0.1, 0.15) is 5.82 Å². The second-order valence-electron chi connectivity index (χ2n) is 3.40. The molecular weight excluding hydrogens is 242 g/mol. The van der Waals surface area contributed by atoms with Crippen molar-refractivity contribution in [3.05, 3.63) is 35.1 Å². The van der Waals surface area contributed by atoms with E-state index in [0.29, 0.717) is 12.1 Å². The predicted octanol–water partition coefficient (Wildman–Crippen LogP) is 1.97. The van der Waals surface area contributed by atoms with Crippen molar-refractivity contribution in [3.63, 3.8) is 0 Å². The Labute approximate surface area is 93.8 Å². The van der Waals surface area contributed by atoms with Crippen molar-refractivity contribution in [2.45, 2.75) is 12.1 Å². The predicted molar refractivity (Wildman–Crippen MR) is 50.8 cm³/mol. The summed E-state index contributed by atoms with van der Waals surface area (Å²) >= 11 is 0. The minimum absolute atomic E-state index is 0.299. The first-order valence-electron chi connectivity index (χ1n) is 4.56. The fraction of sp³-hybridized carbons (Fsp3) is 0.300. The van der Waals surface area contributed by atoms with Gasteiger partial charge in [0.2, 0.25) is 0 Å². The lowest BCUT2D eigenvalue weighted by atomic mass is 9.97. The standard InChI is InChI=1S/C10H9F4NO2/c11-7-2-5(8(4-15)9(16)17)1-6(3-7)10(12,13)14/h1-3,8H,4,15H2,(H,16,17). The maximum absolute atomic E-state index is 13.0. The molecule has 1 aromatic rings. The van der Waals surface area contributed by atoms with Gasteiger partial charge in [-0.15, -0.1) is 0 Å². The molecule has 0 aliphatic carbocycles. The van der Waals surface area contributed by atoms with E-state index in [4.69, 9.17) is 10.8 Å². The van der Waals surface area contributed by atoms with Crippen molar-refractivity contribution in [2.24, 2.45) is 5.73 Å². The Morgan fingerprint density at radius 3 is 2.35 bits per heavy atom. The molecule has 0 heterocycles. The maximum Gasteiger partial charge on any atom is 0.416 e. The molecule has 0 amide bonds. The first-order valence-corrected chi connectivity index (χ1v) is 4.56. The molecule has 0 bridgehead atoms. The smallest absolute Gasteiger partial charge is 0.416 e. The molecule has 17 heavy (non-hydrogen) atoms. The summed E-state index contributed by atoms with van der Waals surface area (Å²) in [6, 6.07) is 1.63. The first kappa shape index (κ1) is 13.4. The average molecular weight is 251 g/mol. The average Bonchev–Trinajstić information content (AvgIpc) is 2.15. The van der Waals surface area contributed by atoms with E-state index in [9.17, 15) is 22.4 Å². The lowest BCUT2D eigenvalue weighted by Crippen LogP contribution is -2.22. The van der Waals surface area contributed by atoms with Gasteiger partial charge < -0.3 is 10.8 Å². The Bertz CT molecular complexity index is 431. The number of aliphatic carboxylic acids is 1. The molecule has 94 valence electrons. The molecule has 1 atom stereocenters. The SMILES string of the molecule is NCC(C(=O)O)c1cc(F)cc(C(F)(F)F)c1. The minimum atomic E-state index is -4.73. The van der Waals surface area contributed by atoms with Gasteiger partial charge in [-0.1, -0.05) is 0 Å². The second kappa shape index (κ2) is 4.70. The Kier molecular flexibility index (Phi) is 3.72. The number of benzene rings is 1. The molecule has 0 saturated heterocycles. The number of nitrogens with two attached hydrogens (primary N) is 1. The number of hydrogen-bond acceptors (Lipinski definition) is 2. The molecule has 0 radical (unpaired) electrons. The minimum Gasteiger partial charge on any atom is -0.481 e. The molecule has 3 N–H and O–H groups in total. The summed E-state index contributed by atoms with van der Waals surface area (Å²) in [7, 11) is 0. The molecule has 0 aliphatic rings. The summed E-state index contributed by atoms with van der Waals surface area (Å²) in [5.41, 5.74) is 3.60. The monoisotopic (exact) mass is 251 g/mol. The van der Waals surface area contributed by atoms with Gasteiger partial charge in [0.15, 0.2) is 0 Å². The van der Waals surface area contributed by atoms with Crippen LogP contribution in [0.25, 0.3) is 0 Å². The van der Waals surface area contributed by atoms with E-state index in [0.717, 1.165) is 6.07 Å². The summed E-state index contributed by atoms with van der Waals surface area (Å²) in [6.07, 6.45) is -4.73. The molecule has 0 spiro atoms. The van der Waals surface area contributed by atoms with Crippen molar-refractivity contribution >= 4 is 5.97 Å². The van der Waals surface area contributed by atoms with Crippen molar-refractivity contribution in [3.8, 4) is 0 Å². The Morgan fingerprint density at radius 1 is 1.35 bits per heavy atom. The highest BCUT2D eigenvalue weighted by molar-refractivity contribution is 5.76. The third kappa shape index (κ3) is 3.16. The van der Waals surface area contributed by atoms with Crippen LogP contribution in [0.1, 0.15) is 17.0 Å². The van der Waals surface area contributed by atoms with Crippen LogP contribution in [0.4, 0.5) is 17.6 Å². The number of carboxylic acids is 1. The van der Waals surface area contributed by atoms with Gasteiger partial charge in [-0.25, -0.2) is 4.39 Å². The summed E-state index contributed by atoms with van der Waals surface area (Å²) in [4.78, 5) is 10.7. The quantitative estimate of drug-likeness (QED) is 0.807. The Morgan fingerprint density at radius 2 is 1.94 bits per heavy atom. The van der Waals surface area contributed by atoms with Gasteiger partial charge in [-0.2, -0.15) is 13.2 Å². The molecule has 1 rings (SSSR count). The Balaban J connectivity index is 3.26. The normalized spacial score (nSPS) is 13.5. The van der Waals surface area contributed by atoms with E-state index in [1.165, 1.54) is 0 Å². The van der Waals surface area contributed by atoms with Crippen molar-refractivity contribution in [1.82, 2.24) is 0 Å². The van der Waals surface area contributed by atoms with E-state index in [1.54, 1.807) is 0 Å². The third-order valence-corrected chi connectivity index (χ3v) is 2.18. The molecule has 1 aromatic carbocycles. The molecule has 0 fully saturated rings. The van der Waals surface area contributed by atoms with Crippen LogP contribution in [0.2, 0.25) is 0 Å². The highest BCUT2D eigenvalue weighted by Gasteiger charge is 2.32. The first-order chi connectivity index (χ1) is 7.75. The zero-order valence-corrected chi connectivity index (χ0v) is 8.46. The lowest BCUT2D eigenvalue weighted by Gasteiger charge is -2.13. The number of rotatable bonds is 3. The number of halogens is 4. The van der Waals surface area contributed by atoms with Gasteiger partial charge in [0.05, 0.1) is 11.5 Å². The Hall–Kier alpha value is -1.63. The van der Waals surface area contributed by atoms with E-state index in [-0.39, 0.29) is 5.56 Å². The molecule has 0 aliphatic heterocycles. The highest BCUT2D eigenvalue weighted by atomic mass is 19.4. The van der Waals surface area contributed by atoms with E-state index < -0.39 is 36.0 Å². The van der Waals surface area contributed by atoms with E-state index in [1.807, 2.05) is 0 Å². The largest absolute Gasteiger partial charge is 0.481 e. The molecule has 3 nitrogen and oxygen atoms in total. The van der Waals surface area contributed by atoms with Crippen LogP contribution >= 0.6 is 0 Å². The lowest BCUT2D eigenvalue weighted by molar-refractivity contribution is -0.140. The topological polar surface area (TPSA) is 63.3 Å². The van der Waals surface area contributed by atoms with Crippen LogP contribution < -0.4 is 5.73 Å². The van der Waals surface area contributed by atoms with Crippen LogP contribution in [0.5, 0.6) is 0 Å². The van der Waals surface area contributed by atoms with Gasteiger partial charge >= 0.3 is 12.1 Å². The van der Waals surface area contributed by atoms with Crippen molar-refractivity contribution in [2.75, 3.05) is 6.54 Å². The van der Waals surface area contributed by atoms with Gasteiger partial charge in [0, 0.05) is 6.54 Å². The fourth-order valence-corrected chi connectivity index (χ4v) is 1.36. The van der Waals surface area contributed by atoms with E-state index in [2.05, 4.69) is 0 Å². The van der Waals surface area contributed by atoms with Crippen molar-refractivity contribution in [1.29, 1.82) is 0 Å². The maximum atomic E-state index is 13.0.